The third kappa shape index (κ3) is 5.25. The van der Waals surface area contributed by atoms with Gasteiger partial charge in [-0.1, -0.05) is 11.6 Å². The minimum atomic E-state index is -1.35. The molecule has 0 aliphatic carbocycles. The predicted molar refractivity (Wildman–Crippen MR) is 89.9 cm³/mol. The van der Waals surface area contributed by atoms with Gasteiger partial charge in [-0.25, -0.2) is 9.59 Å². The van der Waals surface area contributed by atoms with Crippen molar-refractivity contribution < 1.29 is 29.0 Å². The highest BCUT2D eigenvalue weighted by atomic mass is 35.5. The lowest BCUT2D eigenvalue weighted by Crippen LogP contribution is -2.48. The average Bonchev–Trinajstić information content (AvgIpc) is 2.45. The summed E-state index contributed by atoms with van der Waals surface area (Å²) in [6.07, 6.45) is -2.23. The van der Waals surface area contributed by atoms with Gasteiger partial charge in [0.15, 0.2) is 6.10 Å². The first-order valence-electron chi connectivity index (χ1n) is 7.54. The number of benzene rings is 1. The molecular weight excluding hydrogens is 352 g/mol. The van der Waals surface area contributed by atoms with Gasteiger partial charge in [0.05, 0.1) is 5.69 Å². The number of ether oxygens (including phenoxy) is 2. The molecule has 1 aromatic carbocycles. The number of anilines is 1. The number of alkyl carbamates (subject to hydrolysis) is 1. The van der Waals surface area contributed by atoms with E-state index in [1.165, 1.54) is 6.07 Å². The molecule has 1 aliphatic heterocycles. The van der Waals surface area contributed by atoms with Gasteiger partial charge < -0.3 is 25.2 Å². The fraction of sp³-hybridized carbons (Fsp3) is 0.438. The minimum absolute atomic E-state index is 0.261. The molecule has 2 rings (SSSR count). The molecule has 1 aromatic rings. The molecule has 0 spiro atoms. The molecule has 136 valence electrons. The smallest absolute Gasteiger partial charge is 0.408 e. The van der Waals surface area contributed by atoms with E-state index in [1.807, 2.05) is 0 Å². The highest BCUT2D eigenvalue weighted by Crippen LogP contribution is 2.32. The molecule has 0 aromatic heterocycles. The summed E-state index contributed by atoms with van der Waals surface area (Å²) < 4.78 is 10.6. The van der Waals surface area contributed by atoms with Crippen LogP contribution in [0.25, 0.3) is 0 Å². The second-order valence-corrected chi connectivity index (χ2v) is 6.95. The van der Waals surface area contributed by atoms with E-state index in [1.54, 1.807) is 32.9 Å². The van der Waals surface area contributed by atoms with Crippen LogP contribution in [0.4, 0.5) is 10.5 Å². The van der Waals surface area contributed by atoms with Crippen molar-refractivity contribution in [3.63, 3.8) is 0 Å². The highest BCUT2D eigenvalue weighted by molar-refractivity contribution is 6.31. The SMILES string of the molecule is CC(C)(C)OC(=O)NC(CC1Oc2ccc(Cl)cc2NC1=O)C(=O)O. The number of rotatable bonds is 4. The molecule has 25 heavy (non-hydrogen) atoms. The van der Waals surface area contributed by atoms with E-state index < -0.39 is 35.7 Å². The van der Waals surface area contributed by atoms with Crippen LogP contribution >= 0.6 is 11.6 Å². The van der Waals surface area contributed by atoms with Crippen molar-refractivity contribution in [3.8, 4) is 5.75 Å². The number of carboxylic acid groups (broad SMARTS) is 1. The van der Waals surface area contributed by atoms with Crippen LogP contribution < -0.4 is 15.4 Å². The maximum absolute atomic E-state index is 12.1. The van der Waals surface area contributed by atoms with Crippen molar-refractivity contribution in [3.05, 3.63) is 23.2 Å². The van der Waals surface area contributed by atoms with Crippen LogP contribution in [0.3, 0.4) is 0 Å². The molecule has 9 heteroatoms. The van der Waals surface area contributed by atoms with Gasteiger partial charge in [-0.15, -0.1) is 0 Å². The Bertz CT molecular complexity index is 700. The van der Waals surface area contributed by atoms with Crippen molar-refractivity contribution >= 4 is 35.3 Å². The summed E-state index contributed by atoms with van der Waals surface area (Å²) in [5.74, 6) is -1.45. The van der Waals surface area contributed by atoms with Gasteiger partial charge in [-0.3, -0.25) is 4.79 Å². The minimum Gasteiger partial charge on any atom is -0.480 e. The number of halogens is 1. The number of hydrogen-bond acceptors (Lipinski definition) is 5. The van der Waals surface area contributed by atoms with Gasteiger partial charge in [0.25, 0.3) is 5.91 Å². The van der Waals surface area contributed by atoms with Crippen molar-refractivity contribution in [1.29, 1.82) is 0 Å². The molecule has 3 N–H and O–H groups in total. The standard InChI is InChI=1S/C16H19ClN2O6/c1-16(2,3)25-15(23)19-10(14(21)22)7-12-13(20)18-9-6-8(17)4-5-11(9)24-12/h4-6,10,12H,7H2,1-3H3,(H,18,20)(H,19,23)(H,21,22). The van der Waals surface area contributed by atoms with Crippen LogP contribution in [-0.2, 0) is 14.3 Å². The Kier molecular flexibility index (Phi) is 5.42. The summed E-state index contributed by atoms with van der Waals surface area (Å²) in [5.41, 5.74) is -0.370. The molecule has 0 saturated carbocycles. The molecule has 8 nitrogen and oxygen atoms in total. The summed E-state index contributed by atoms with van der Waals surface area (Å²) in [6, 6.07) is 3.34. The van der Waals surface area contributed by atoms with E-state index in [-0.39, 0.29) is 6.42 Å². The maximum atomic E-state index is 12.1. The van der Waals surface area contributed by atoms with Gasteiger partial charge in [0.2, 0.25) is 0 Å². The van der Waals surface area contributed by atoms with Crippen LogP contribution in [0, 0.1) is 0 Å². The number of carboxylic acids is 1. The average molecular weight is 371 g/mol. The van der Waals surface area contributed by atoms with Crippen LogP contribution in [0.5, 0.6) is 5.75 Å². The van der Waals surface area contributed by atoms with Gasteiger partial charge in [0.1, 0.15) is 17.4 Å². The second-order valence-electron chi connectivity index (χ2n) is 6.51. The van der Waals surface area contributed by atoms with E-state index in [4.69, 9.17) is 21.1 Å². The molecule has 2 atom stereocenters. The van der Waals surface area contributed by atoms with Crippen molar-refractivity contribution in [2.24, 2.45) is 0 Å². The predicted octanol–water partition coefficient (Wildman–Crippen LogP) is 2.41. The van der Waals surface area contributed by atoms with Gasteiger partial charge >= 0.3 is 12.1 Å². The Morgan fingerprint density at radius 3 is 2.72 bits per heavy atom. The topological polar surface area (TPSA) is 114 Å². The summed E-state index contributed by atoms with van der Waals surface area (Å²) >= 11 is 5.85. The number of fused-ring (bicyclic) bond motifs is 1. The lowest BCUT2D eigenvalue weighted by molar-refractivity contribution is -0.140. The quantitative estimate of drug-likeness (QED) is 0.749. The number of aliphatic carboxylic acids is 1. The Morgan fingerprint density at radius 1 is 1.44 bits per heavy atom. The maximum Gasteiger partial charge on any atom is 0.408 e. The first-order valence-corrected chi connectivity index (χ1v) is 7.92. The van der Waals surface area contributed by atoms with E-state index in [9.17, 15) is 19.5 Å². The van der Waals surface area contributed by atoms with Crippen molar-refractivity contribution in [1.82, 2.24) is 5.32 Å². The first-order chi connectivity index (χ1) is 11.5. The molecule has 1 heterocycles. The third-order valence-electron chi connectivity index (χ3n) is 3.20. The molecular formula is C16H19ClN2O6. The lowest BCUT2D eigenvalue weighted by Gasteiger charge is -2.28. The molecule has 1 aliphatic rings. The summed E-state index contributed by atoms with van der Waals surface area (Å²) in [7, 11) is 0. The summed E-state index contributed by atoms with van der Waals surface area (Å²) in [5, 5.41) is 14.6. The molecule has 0 radical (unpaired) electrons. The Hall–Kier alpha value is -2.48. The van der Waals surface area contributed by atoms with E-state index in [0.717, 1.165) is 0 Å². The Morgan fingerprint density at radius 2 is 2.12 bits per heavy atom. The summed E-state index contributed by atoms with van der Waals surface area (Å²) in [6.45, 7) is 4.96. The normalized spacial score (nSPS) is 17.6. The van der Waals surface area contributed by atoms with Gasteiger partial charge in [-0.2, -0.15) is 0 Å². The zero-order valence-electron chi connectivity index (χ0n) is 14.0. The van der Waals surface area contributed by atoms with Gasteiger partial charge in [0, 0.05) is 11.4 Å². The van der Waals surface area contributed by atoms with Crippen LogP contribution in [0.2, 0.25) is 5.02 Å². The number of hydrogen-bond donors (Lipinski definition) is 3. The third-order valence-corrected chi connectivity index (χ3v) is 3.44. The van der Waals surface area contributed by atoms with Crippen LogP contribution in [-0.4, -0.2) is 40.8 Å². The molecule has 2 amide bonds. The van der Waals surface area contributed by atoms with Gasteiger partial charge in [-0.05, 0) is 39.0 Å². The number of amides is 2. The number of carbonyl (C=O) groups is 3. The van der Waals surface area contributed by atoms with E-state index >= 15 is 0 Å². The largest absolute Gasteiger partial charge is 0.480 e. The van der Waals surface area contributed by atoms with Crippen LogP contribution in [0.1, 0.15) is 27.2 Å². The fourth-order valence-corrected chi connectivity index (χ4v) is 2.34. The zero-order valence-corrected chi connectivity index (χ0v) is 14.7. The monoisotopic (exact) mass is 370 g/mol. The van der Waals surface area contributed by atoms with Crippen molar-refractivity contribution in [2.75, 3.05) is 5.32 Å². The van der Waals surface area contributed by atoms with E-state index in [0.29, 0.717) is 16.5 Å². The zero-order chi connectivity index (χ0) is 18.8. The Balaban J connectivity index is 2.07. The van der Waals surface area contributed by atoms with Crippen LogP contribution in [0.15, 0.2) is 18.2 Å². The molecule has 0 fully saturated rings. The second kappa shape index (κ2) is 7.18. The van der Waals surface area contributed by atoms with Crippen molar-refractivity contribution in [2.45, 2.75) is 44.9 Å². The lowest BCUT2D eigenvalue weighted by atomic mass is 10.1. The first kappa shape index (κ1) is 18.9. The molecule has 2 unspecified atom stereocenters. The fourth-order valence-electron chi connectivity index (χ4n) is 2.16. The number of nitrogens with one attached hydrogen (secondary N) is 2. The highest BCUT2D eigenvalue weighted by Gasteiger charge is 2.34. The number of carbonyl (C=O) groups excluding carboxylic acids is 2. The summed E-state index contributed by atoms with van der Waals surface area (Å²) in [4.78, 5) is 35.3. The molecule has 0 bridgehead atoms. The molecule has 0 saturated heterocycles. The van der Waals surface area contributed by atoms with E-state index in [2.05, 4.69) is 10.6 Å². The Labute approximate surface area is 149 Å².